The van der Waals surface area contributed by atoms with Crippen molar-refractivity contribution < 1.29 is 4.79 Å². The molecule has 2 N–H and O–H groups in total. The van der Waals surface area contributed by atoms with E-state index in [4.69, 9.17) is 4.98 Å². The molecule has 6 nitrogen and oxygen atoms in total. The minimum absolute atomic E-state index is 0.104. The number of ketones is 1. The van der Waals surface area contributed by atoms with Gasteiger partial charge in [0.2, 0.25) is 0 Å². The van der Waals surface area contributed by atoms with Gasteiger partial charge in [-0.1, -0.05) is 44.7 Å². The van der Waals surface area contributed by atoms with Gasteiger partial charge in [0.05, 0.1) is 5.56 Å². The zero-order chi connectivity index (χ0) is 21.6. The predicted molar refractivity (Wildman–Crippen MR) is 123 cm³/mol. The third-order valence-electron chi connectivity index (χ3n) is 5.72. The molecule has 1 aliphatic heterocycles. The summed E-state index contributed by atoms with van der Waals surface area (Å²) in [4.78, 5) is 36.0. The predicted octanol–water partition coefficient (Wildman–Crippen LogP) is 4.15. The van der Waals surface area contributed by atoms with E-state index >= 15 is 0 Å². The van der Waals surface area contributed by atoms with Gasteiger partial charge in [-0.25, -0.2) is 4.98 Å². The molecule has 4 rings (SSSR count). The average Bonchev–Trinajstić information content (AvgIpc) is 2.65. The maximum Gasteiger partial charge on any atom is 0.257 e. The maximum atomic E-state index is 13.3. The number of rotatable bonds is 4. The Bertz CT molecular complexity index is 1080. The standard InChI is InChI=1S/C23H28N4O2S/c1-6-30-22-25-20-19(21(29)26-22)17(13-7-9-14(10-8-13)27(4)5)18-15(24-20)11-23(2,3)12-16(18)28/h7-10,17H,6,11-12H2,1-5H3,(H2,24,25,26,29)/t17-/m1/s1. The fourth-order valence-electron chi connectivity index (χ4n) is 4.40. The van der Waals surface area contributed by atoms with E-state index in [-0.39, 0.29) is 16.8 Å². The number of fused-ring (bicyclic) bond motifs is 1. The van der Waals surface area contributed by atoms with Gasteiger partial charge in [-0.2, -0.15) is 0 Å². The Balaban J connectivity index is 1.92. The van der Waals surface area contributed by atoms with Crippen LogP contribution in [-0.2, 0) is 4.79 Å². The number of carbonyl (C=O) groups is 1. The Morgan fingerprint density at radius 3 is 2.50 bits per heavy atom. The minimum atomic E-state index is -0.409. The molecule has 0 unspecified atom stereocenters. The molecule has 0 amide bonds. The summed E-state index contributed by atoms with van der Waals surface area (Å²) in [5.41, 5.74) is 3.84. The summed E-state index contributed by atoms with van der Waals surface area (Å²) >= 11 is 1.50. The van der Waals surface area contributed by atoms with Crippen molar-refractivity contribution in [3.05, 3.63) is 57.0 Å². The molecule has 1 aromatic carbocycles. The number of hydrogen-bond donors (Lipinski definition) is 2. The highest BCUT2D eigenvalue weighted by molar-refractivity contribution is 7.99. The van der Waals surface area contributed by atoms with Gasteiger partial charge in [0.1, 0.15) is 5.82 Å². The van der Waals surface area contributed by atoms with Crippen LogP contribution in [0.5, 0.6) is 0 Å². The van der Waals surface area contributed by atoms with Gasteiger partial charge < -0.3 is 15.2 Å². The minimum Gasteiger partial charge on any atom is -0.378 e. The molecule has 0 spiro atoms. The summed E-state index contributed by atoms with van der Waals surface area (Å²) in [7, 11) is 3.98. The number of aromatic amines is 1. The molecule has 1 atom stereocenters. The highest BCUT2D eigenvalue weighted by atomic mass is 32.2. The Kier molecular flexibility index (Phi) is 5.26. The van der Waals surface area contributed by atoms with Crippen LogP contribution >= 0.6 is 11.8 Å². The molecule has 2 heterocycles. The van der Waals surface area contributed by atoms with E-state index in [2.05, 4.69) is 24.1 Å². The molecule has 0 saturated heterocycles. The molecule has 1 aliphatic carbocycles. The van der Waals surface area contributed by atoms with E-state index < -0.39 is 5.92 Å². The van der Waals surface area contributed by atoms with E-state index in [9.17, 15) is 9.59 Å². The molecule has 0 fully saturated rings. The van der Waals surface area contributed by atoms with Crippen molar-refractivity contribution in [1.82, 2.24) is 9.97 Å². The molecule has 7 heteroatoms. The lowest BCUT2D eigenvalue weighted by Gasteiger charge is -2.38. The first kappa shape index (κ1) is 20.7. The van der Waals surface area contributed by atoms with Crippen LogP contribution in [0.25, 0.3) is 0 Å². The second kappa shape index (κ2) is 7.61. The summed E-state index contributed by atoms with van der Waals surface area (Å²) in [5.74, 6) is 1.08. The quantitative estimate of drug-likeness (QED) is 0.567. The number of allylic oxidation sites excluding steroid dienone is 2. The Morgan fingerprint density at radius 1 is 1.17 bits per heavy atom. The number of hydrogen-bond acceptors (Lipinski definition) is 6. The van der Waals surface area contributed by atoms with Crippen LogP contribution < -0.4 is 15.8 Å². The normalized spacial score (nSPS) is 19.8. The van der Waals surface area contributed by atoms with Crippen molar-refractivity contribution in [1.29, 1.82) is 0 Å². The molecule has 158 valence electrons. The topological polar surface area (TPSA) is 78.1 Å². The van der Waals surface area contributed by atoms with Gasteiger partial charge in [-0.3, -0.25) is 9.59 Å². The molecule has 1 aromatic heterocycles. The number of nitrogens with zero attached hydrogens (tertiary/aromatic N) is 2. The highest BCUT2D eigenvalue weighted by Gasteiger charge is 2.42. The highest BCUT2D eigenvalue weighted by Crippen LogP contribution is 2.47. The van der Waals surface area contributed by atoms with E-state index in [1.807, 2.05) is 50.2 Å². The summed E-state index contributed by atoms with van der Waals surface area (Å²) < 4.78 is 0. The lowest BCUT2D eigenvalue weighted by Crippen LogP contribution is -2.37. The van der Waals surface area contributed by atoms with E-state index in [1.54, 1.807) is 0 Å². The molecule has 30 heavy (non-hydrogen) atoms. The van der Waals surface area contributed by atoms with Gasteiger partial charge in [0.25, 0.3) is 5.56 Å². The van der Waals surface area contributed by atoms with Gasteiger partial charge >= 0.3 is 0 Å². The van der Waals surface area contributed by atoms with Gasteiger partial charge in [-0.15, -0.1) is 0 Å². The van der Waals surface area contributed by atoms with Crippen LogP contribution in [-0.4, -0.2) is 35.6 Å². The fraction of sp³-hybridized carbons (Fsp3) is 0.435. The van der Waals surface area contributed by atoms with E-state index in [1.165, 1.54) is 11.8 Å². The third kappa shape index (κ3) is 3.67. The smallest absolute Gasteiger partial charge is 0.257 e. The first-order valence-electron chi connectivity index (χ1n) is 10.3. The fourth-order valence-corrected chi connectivity index (χ4v) is 4.99. The van der Waals surface area contributed by atoms with Crippen LogP contribution in [0.15, 0.2) is 45.5 Å². The number of anilines is 2. The molecular formula is C23H28N4O2S. The molecule has 0 bridgehead atoms. The zero-order valence-corrected chi connectivity index (χ0v) is 18.9. The van der Waals surface area contributed by atoms with Crippen molar-refractivity contribution >= 4 is 29.1 Å². The van der Waals surface area contributed by atoms with Gasteiger partial charge in [-0.05, 0) is 35.3 Å². The summed E-state index contributed by atoms with van der Waals surface area (Å²) in [6.45, 7) is 6.24. The van der Waals surface area contributed by atoms with Crippen LogP contribution in [0.4, 0.5) is 11.5 Å². The number of nitrogens with one attached hydrogen (secondary N) is 2. The molecule has 2 aromatic rings. The number of benzene rings is 1. The summed E-state index contributed by atoms with van der Waals surface area (Å²) in [6.07, 6.45) is 1.23. The number of H-pyrrole nitrogens is 1. The summed E-state index contributed by atoms with van der Waals surface area (Å²) in [5, 5.41) is 3.96. The van der Waals surface area contributed by atoms with Crippen molar-refractivity contribution in [3.63, 3.8) is 0 Å². The monoisotopic (exact) mass is 424 g/mol. The van der Waals surface area contributed by atoms with Crippen LogP contribution in [0, 0.1) is 5.41 Å². The molecule has 0 saturated carbocycles. The third-order valence-corrected chi connectivity index (χ3v) is 6.48. The first-order valence-corrected chi connectivity index (χ1v) is 11.3. The maximum absolute atomic E-state index is 13.3. The largest absolute Gasteiger partial charge is 0.378 e. The van der Waals surface area contributed by atoms with Gasteiger partial charge in [0, 0.05) is 43.4 Å². The summed E-state index contributed by atoms with van der Waals surface area (Å²) in [6, 6.07) is 8.08. The lowest BCUT2D eigenvalue weighted by atomic mass is 9.69. The number of carbonyl (C=O) groups excluding carboxylic acids is 1. The Morgan fingerprint density at radius 2 is 1.87 bits per heavy atom. The van der Waals surface area contributed by atoms with Crippen molar-refractivity contribution in [3.8, 4) is 0 Å². The van der Waals surface area contributed by atoms with Crippen molar-refractivity contribution in [2.24, 2.45) is 5.41 Å². The van der Waals surface area contributed by atoms with Crippen LogP contribution in [0.2, 0.25) is 0 Å². The number of thioether (sulfide) groups is 1. The second-order valence-electron chi connectivity index (χ2n) is 8.94. The van der Waals surface area contributed by atoms with Crippen molar-refractivity contribution in [2.75, 3.05) is 30.1 Å². The molecular weight excluding hydrogens is 396 g/mol. The Labute approximate surface area is 181 Å². The van der Waals surface area contributed by atoms with Gasteiger partial charge in [0.15, 0.2) is 10.9 Å². The van der Waals surface area contributed by atoms with Crippen LogP contribution in [0.3, 0.4) is 0 Å². The Hall–Kier alpha value is -2.54. The molecule has 2 aliphatic rings. The van der Waals surface area contributed by atoms with Crippen LogP contribution in [0.1, 0.15) is 50.7 Å². The average molecular weight is 425 g/mol. The lowest BCUT2D eigenvalue weighted by molar-refractivity contribution is -0.118. The van der Waals surface area contributed by atoms with E-state index in [0.29, 0.717) is 28.5 Å². The first-order chi connectivity index (χ1) is 14.2. The number of aromatic nitrogens is 2. The molecule has 0 radical (unpaired) electrons. The van der Waals surface area contributed by atoms with Crippen molar-refractivity contribution in [2.45, 2.75) is 44.7 Å². The SMILES string of the molecule is CCSc1nc2c(c(=O)[nH]1)[C@H](c1ccc(N(C)C)cc1)C1=C(CC(C)(C)CC1=O)N2. The number of Topliss-reactive ketones (excluding diaryl/α,β-unsaturated/α-hetero) is 1. The zero-order valence-electron chi connectivity index (χ0n) is 18.1. The second-order valence-corrected chi connectivity index (χ2v) is 10.2. The van der Waals surface area contributed by atoms with E-state index in [0.717, 1.165) is 29.1 Å².